The number of alkyl halides is 2. The normalized spacial score (nSPS) is 16.8. The Morgan fingerprint density at radius 2 is 1.75 bits per heavy atom. The summed E-state index contributed by atoms with van der Waals surface area (Å²) >= 11 is 0. The van der Waals surface area contributed by atoms with E-state index in [1.54, 1.807) is 7.11 Å². The molecule has 0 aromatic heterocycles. The van der Waals surface area contributed by atoms with Gasteiger partial charge < -0.3 is 10.1 Å². The van der Waals surface area contributed by atoms with Gasteiger partial charge in [0, 0.05) is 38.6 Å². The first-order chi connectivity index (χ1) is 11.2. The van der Waals surface area contributed by atoms with Gasteiger partial charge in [0.1, 0.15) is 5.75 Å². The van der Waals surface area contributed by atoms with Crippen molar-refractivity contribution < 1.29 is 13.5 Å². The summed E-state index contributed by atoms with van der Waals surface area (Å²) in [6.45, 7) is 3.31. The second-order valence-corrected chi connectivity index (χ2v) is 5.90. The van der Waals surface area contributed by atoms with E-state index in [9.17, 15) is 8.78 Å². The van der Waals surface area contributed by atoms with Crippen LogP contribution in [-0.4, -0.2) is 44.6 Å². The predicted molar refractivity (Wildman–Crippen MR) is 95.6 cm³/mol. The number of rotatable bonds is 5. The molecule has 1 N–H and O–H groups in total. The summed E-state index contributed by atoms with van der Waals surface area (Å²) in [5, 5.41) is 5.39. The molecule has 24 heavy (non-hydrogen) atoms. The van der Waals surface area contributed by atoms with Crippen LogP contribution in [0.1, 0.15) is 18.0 Å². The third kappa shape index (κ3) is 4.35. The van der Waals surface area contributed by atoms with E-state index in [1.807, 2.05) is 36.4 Å². The van der Waals surface area contributed by atoms with Crippen LogP contribution in [0.4, 0.5) is 8.78 Å². The second kappa shape index (κ2) is 8.60. The van der Waals surface area contributed by atoms with E-state index in [1.165, 1.54) is 0 Å². The van der Waals surface area contributed by atoms with Crippen LogP contribution in [0.3, 0.4) is 0 Å². The van der Waals surface area contributed by atoms with Gasteiger partial charge in [-0.15, -0.1) is 12.4 Å². The van der Waals surface area contributed by atoms with Crippen molar-refractivity contribution in [3.63, 3.8) is 0 Å². The molecule has 2 aromatic carbocycles. The Kier molecular flexibility index (Phi) is 6.78. The van der Waals surface area contributed by atoms with Gasteiger partial charge in [0.05, 0.1) is 7.11 Å². The van der Waals surface area contributed by atoms with E-state index < -0.39 is 6.43 Å². The maximum Gasteiger partial charge on any atom is 0.240 e. The molecule has 3 nitrogen and oxygen atoms in total. The molecule has 0 amide bonds. The third-order valence-electron chi connectivity index (χ3n) is 4.45. The van der Waals surface area contributed by atoms with E-state index in [4.69, 9.17) is 4.74 Å². The van der Waals surface area contributed by atoms with E-state index in [-0.39, 0.29) is 24.9 Å². The first-order valence-corrected chi connectivity index (χ1v) is 7.98. The highest BCUT2D eigenvalue weighted by molar-refractivity contribution is 5.85. The number of hydrogen-bond acceptors (Lipinski definition) is 3. The molecule has 0 aliphatic carbocycles. The van der Waals surface area contributed by atoms with Crippen molar-refractivity contribution in [1.29, 1.82) is 0 Å². The maximum absolute atomic E-state index is 13.1. The van der Waals surface area contributed by atoms with Gasteiger partial charge in [0.15, 0.2) is 0 Å². The lowest BCUT2D eigenvalue weighted by molar-refractivity contribution is 0.0740. The zero-order valence-corrected chi connectivity index (χ0v) is 14.5. The quantitative estimate of drug-likeness (QED) is 0.880. The fourth-order valence-electron chi connectivity index (χ4n) is 3.24. The van der Waals surface area contributed by atoms with Gasteiger partial charge in [0.25, 0.3) is 0 Å². The topological polar surface area (TPSA) is 24.5 Å². The number of methoxy groups -OCH3 is 1. The molecule has 0 radical (unpaired) electrons. The first kappa shape index (κ1) is 18.9. The van der Waals surface area contributed by atoms with Crippen LogP contribution in [0.25, 0.3) is 10.8 Å². The van der Waals surface area contributed by atoms with Crippen molar-refractivity contribution in [2.24, 2.45) is 0 Å². The van der Waals surface area contributed by atoms with Crippen LogP contribution >= 0.6 is 12.4 Å². The Morgan fingerprint density at radius 3 is 2.42 bits per heavy atom. The molecule has 2 aromatic rings. The highest BCUT2D eigenvalue weighted by atomic mass is 35.5. The minimum Gasteiger partial charge on any atom is -0.497 e. The van der Waals surface area contributed by atoms with Crippen LogP contribution in [-0.2, 0) is 0 Å². The van der Waals surface area contributed by atoms with Gasteiger partial charge in [-0.25, -0.2) is 8.78 Å². The summed E-state index contributed by atoms with van der Waals surface area (Å²) in [7, 11) is 1.64. The summed E-state index contributed by atoms with van der Waals surface area (Å²) in [5.74, 6) is 0.802. The monoisotopic (exact) mass is 356 g/mol. The van der Waals surface area contributed by atoms with Crippen molar-refractivity contribution in [3.8, 4) is 5.75 Å². The van der Waals surface area contributed by atoms with Crippen LogP contribution in [0.15, 0.2) is 36.4 Å². The molecule has 0 saturated carbocycles. The molecule has 1 heterocycles. The Labute approximate surface area is 147 Å². The molecule has 0 spiro atoms. The number of halogens is 3. The molecular weight excluding hydrogens is 334 g/mol. The minimum absolute atomic E-state index is 0. The smallest absolute Gasteiger partial charge is 0.240 e. The summed E-state index contributed by atoms with van der Waals surface area (Å²) < 4.78 is 31.4. The SMILES string of the molecule is COc1ccc2cc([C@@H](CC(F)F)N3CCNCC3)ccc2c1.Cl. The lowest BCUT2D eigenvalue weighted by atomic mass is 9.98. The number of fused-ring (bicyclic) bond motifs is 1. The van der Waals surface area contributed by atoms with Crippen molar-refractivity contribution in [3.05, 3.63) is 42.0 Å². The van der Waals surface area contributed by atoms with Crippen LogP contribution in [0.2, 0.25) is 0 Å². The van der Waals surface area contributed by atoms with E-state index >= 15 is 0 Å². The molecule has 1 saturated heterocycles. The maximum atomic E-state index is 13.1. The van der Waals surface area contributed by atoms with E-state index in [0.29, 0.717) is 0 Å². The molecule has 1 fully saturated rings. The van der Waals surface area contributed by atoms with E-state index in [0.717, 1.165) is 48.3 Å². The lowest BCUT2D eigenvalue weighted by Gasteiger charge is -2.35. The zero-order chi connectivity index (χ0) is 16.2. The average Bonchev–Trinajstić information content (AvgIpc) is 2.59. The van der Waals surface area contributed by atoms with Crippen LogP contribution in [0, 0.1) is 0 Å². The summed E-state index contributed by atoms with van der Waals surface area (Å²) in [6, 6.07) is 11.6. The Bertz CT molecular complexity index is 663. The summed E-state index contributed by atoms with van der Waals surface area (Å²) in [4.78, 5) is 2.16. The van der Waals surface area contributed by atoms with Crippen LogP contribution in [0.5, 0.6) is 5.75 Å². The summed E-state index contributed by atoms with van der Waals surface area (Å²) in [6.07, 6.45) is -2.43. The average molecular weight is 357 g/mol. The van der Waals surface area contributed by atoms with Gasteiger partial charge in [-0.1, -0.05) is 18.2 Å². The van der Waals surface area contributed by atoms with Crippen molar-refractivity contribution >= 4 is 23.2 Å². The fourth-order valence-corrected chi connectivity index (χ4v) is 3.24. The molecular formula is C18H23ClF2N2O. The molecule has 1 aliphatic heterocycles. The number of piperazine rings is 1. The number of hydrogen-bond donors (Lipinski definition) is 1. The molecule has 0 unspecified atom stereocenters. The number of nitrogens with zero attached hydrogens (tertiary/aromatic N) is 1. The molecule has 132 valence electrons. The van der Waals surface area contributed by atoms with Gasteiger partial charge >= 0.3 is 0 Å². The third-order valence-corrected chi connectivity index (χ3v) is 4.45. The number of benzene rings is 2. The second-order valence-electron chi connectivity index (χ2n) is 5.90. The largest absolute Gasteiger partial charge is 0.497 e. The molecule has 1 atom stereocenters. The van der Waals surface area contributed by atoms with E-state index in [2.05, 4.69) is 10.2 Å². The van der Waals surface area contributed by atoms with Gasteiger partial charge in [-0.05, 0) is 34.5 Å². The fraction of sp³-hybridized carbons (Fsp3) is 0.444. The summed E-state index contributed by atoms with van der Waals surface area (Å²) in [5.41, 5.74) is 0.963. The van der Waals surface area contributed by atoms with Crippen LogP contribution < -0.4 is 10.1 Å². The first-order valence-electron chi connectivity index (χ1n) is 7.98. The zero-order valence-electron chi connectivity index (χ0n) is 13.7. The molecule has 3 rings (SSSR count). The lowest BCUT2D eigenvalue weighted by Crippen LogP contribution is -2.45. The Morgan fingerprint density at radius 1 is 1.08 bits per heavy atom. The van der Waals surface area contributed by atoms with Gasteiger partial charge in [-0.3, -0.25) is 4.90 Å². The minimum atomic E-state index is -2.30. The van der Waals surface area contributed by atoms with Crippen molar-refractivity contribution in [2.75, 3.05) is 33.3 Å². The standard InChI is InChI=1S/C18H22F2N2O.ClH/c1-23-16-5-4-13-10-15(3-2-14(13)11-16)17(12-18(19)20)22-8-6-21-7-9-22;/h2-5,10-11,17-18,21H,6-9,12H2,1H3;1H/t17-;/m1./s1. The van der Waals surface area contributed by atoms with Crippen molar-refractivity contribution in [1.82, 2.24) is 10.2 Å². The molecule has 0 bridgehead atoms. The van der Waals surface area contributed by atoms with Crippen molar-refractivity contribution in [2.45, 2.75) is 18.9 Å². The predicted octanol–water partition coefficient (Wildman–Crippen LogP) is 3.87. The highest BCUT2D eigenvalue weighted by Gasteiger charge is 2.25. The number of nitrogens with one attached hydrogen (secondary N) is 1. The number of ether oxygens (including phenoxy) is 1. The van der Waals surface area contributed by atoms with Gasteiger partial charge in [0.2, 0.25) is 6.43 Å². The van der Waals surface area contributed by atoms with Gasteiger partial charge in [-0.2, -0.15) is 0 Å². The molecule has 6 heteroatoms. The Balaban J connectivity index is 0.00000208. The molecule has 1 aliphatic rings. The highest BCUT2D eigenvalue weighted by Crippen LogP contribution is 2.31. The Hall–Kier alpha value is -1.43.